The summed E-state index contributed by atoms with van der Waals surface area (Å²) in [5.74, 6) is -0.443. The van der Waals surface area contributed by atoms with E-state index in [0.29, 0.717) is 10.8 Å². The monoisotopic (exact) mass is 324 g/mol. The van der Waals surface area contributed by atoms with Crippen molar-refractivity contribution in [2.45, 2.75) is 19.4 Å². The molecule has 118 valence electrons. The quantitative estimate of drug-likeness (QED) is 0.842. The van der Waals surface area contributed by atoms with E-state index in [4.69, 9.17) is 9.15 Å². The molecule has 0 bridgehead atoms. The first kappa shape index (κ1) is 16.2. The summed E-state index contributed by atoms with van der Waals surface area (Å²) in [7, 11) is 1.37. The van der Waals surface area contributed by atoms with Gasteiger partial charge in [0.2, 0.25) is 0 Å². The topological polar surface area (TPSA) is 102 Å². The lowest BCUT2D eigenvalue weighted by Gasteiger charge is -2.24. The highest BCUT2D eigenvalue weighted by molar-refractivity contribution is 7.13. The fourth-order valence-corrected chi connectivity index (χ4v) is 2.56. The number of ether oxygens (including phenoxy) is 1. The van der Waals surface area contributed by atoms with Gasteiger partial charge in [-0.1, -0.05) is 0 Å². The number of rotatable bonds is 6. The maximum absolute atomic E-state index is 12.2. The molecule has 0 spiro atoms. The van der Waals surface area contributed by atoms with E-state index in [2.05, 4.69) is 10.3 Å². The van der Waals surface area contributed by atoms with E-state index in [1.54, 1.807) is 17.5 Å². The highest BCUT2D eigenvalue weighted by Gasteiger charge is 2.35. The SMILES string of the molecule is COCC(C)(NC(=O)c1csc(-c2ccc(C)o2)n1)C(=O)O. The van der Waals surface area contributed by atoms with Crippen LogP contribution in [0.1, 0.15) is 23.2 Å². The second-order valence-electron chi connectivity index (χ2n) is 4.97. The van der Waals surface area contributed by atoms with Gasteiger partial charge < -0.3 is 19.6 Å². The minimum absolute atomic E-state index is 0.137. The van der Waals surface area contributed by atoms with Gasteiger partial charge in [-0.05, 0) is 26.0 Å². The van der Waals surface area contributed by atoms with Gasteiger partial charge in [0.1, 0.15) is 11.5 Å². The predicted molar refractivity (Wildman–Crippen MR) is 79.9 cm³/mol. The predicted octanol–water partition coefficient (Wildman–Crippen LogP) is 1.93. The molecule has 0 aliphatic rings. The minimum Gasteiger partial charge on any atom is -0.479 e. The maximum atomic E-state index is 12.2. The van der Waals surface area contributed by atoms with E-state index in [0.717, 1.165) is 5.76 Å². The van der Waals surface area contributed by atoms with Crippen LogP contribution in [-0.2, 0) is 9.53 Å². The van der Waals surface area contributed by atoms with Crippen molar-refractivity contribution >= 4 is 23.2 Å². The lowest BCUT2D eigenvalue weighted by Crippen LogP contribution is -2.55. The van der Waals surface area contributed by atoms with Gasteiger partial charge in [-0.25, -0.2) is 9.78 Å². The summed E-state index contributed by atoms with van der Waals surface area (Å²) in [5.41, 5.74) is -1.38. The van der Waals surface area contributed by atoms with E-state index in [1.165, 1.54) is 25.4 Å². The van der Waals surface area contributed by atoms with Crippen molar-refractivity contribution in [2.24, 2.45) is 0 Å². The summed E-state index contributed by atoms with van der Waals surface area (Å²) in [6.45, 7) is 3.04. The number of carboxylic acid groups (broad SMARTS) is 1. The number of carbonyl (C=O) groups is 2. The Morgan fingerprint density at radius 1 is 1.50 bits per heavy atom. The fraction of sp³-hybridized carbons (Fsp3) is 0.357. The molecule has 2 aromatic heterocycles. The maximum Gasteiger partial charge on any atom is 0.331 e. The van der Waals surface area contributed by atoms with Gasteiger partial charge in [0.25, 0.3) is 5.91 Å². The van der Waals surface area contributed by atoms with Crippen molar-refractivity contribution in [3.8, 4) is 10.8 Å². The Bertz CT molecular complexity index is 693. The number of hydrogen-bond donors (Lipinski definition) is 2. The number of aryl methyl sites for hydroxylation is 1. The van der Waals surface area contributed by atoms with E-state index in [1.807, 2.05) is 6.92 Å². The zero-order chi connectivity index (χ0) is 16.3. The van der Waals surface area contributed by atoms with Crippen molar-refractivity contribution in [3.05, 3.63) is 29.0 Å². The average Bonchev–Trinajstić information content (AvgIpc) is 3.07. The third-order valence-electron chi connectivity index (χ3n) is 2.98. The molecule has 22 heavy (non-hydrogen) atoms. The standard InChI is InChI=1S/C14H16N2O5S/c1-8-4-5-10(21-8)12-15-9(6-22-12)11(17)16-14(2,7-20-3)13(18)19/h4-6H,7H2,1-3H3,(H,16,17)(H,18,19). The lowest BCUT2D eigenvalue weighted by atomic mass is 10.0. The lowest BCUT2D eigenvalue weighted by molar-refractivity contribution is -0.145. The van der Waals surface area contributed by atoms with Crippen molar-refractivity contribution in [2.75, 3.05) is 13.7 Å². The minimum atomic E-state index is -1.52. The number of aromatic nitrogens is 1. The fourth-order valence-electron chi connectivity index (χ4n) is 1.80. The Morgan fingerprint density at radius 2 is 2.23 bits per heavy atom. The molecule has 2 N–H and O–H groups in total. The first-order chi connectivity index (χ1) is 10.4. The molecule has 8 heteroatoms. The third-order valence-corrected chi connectivity index (χ3v) is 3.84. The molecule has 0 aromatic carbocycles. The molecule has 1 atom stereocenters. The second kappa shape index (κ2) is 6.29. The first-order valence-corrected chi connectivity index (χ1v) is 7.31. The Kier molecular flexibility index (Phi) is 4.62. The van der Waals surface area contributed by atoms with Crippen LogP contribution >= 0.6 is 11.3 Å². The summed E-state index contributed by atoms with van der Waals surface area (Å²) in [6, 6.07) is 3.57. The number of amides is 1. The molecule has 1 amide bonds. The molecular formula is C14H16N2O5S. The number of methoxy groups -OCH3 is 1. The van der Waals surface area contributed by atoms with Gasteiger partial charge >= 0.3 is 5.97 Å². The van der Waals surface area contributed by atoms with Crippen molar-refractivity contribution in [1.29, 1.82) is 0 Å². The molecule has 0 aliphatic carbocycles. The highest BCUT2D eigenvalue weighted by Crippen LogP contribution is 2.25. The molecule has 2 heterocycles. The van der Waals surface area contributed by atoms with Crippen molar-refractivity contribution in [3.63, 3.8) is 0 Å². The molecule has 2 rings (SSSR count). The summed E-state index contributed by atoms with van der Waals surface area (Å²) in [6.07, 6.45) is 0. The smallest absolute Gasteiger partial charge is 0.331 e. The van der Waals surface area contributed by atoms with Crippen LogP contribution in [0.2, 0.25) is 0 Å². The van der Waals surface area contributed by atoms with Gasteiger partial charge in [0, 0.05) is 12.5 Å². The van der Waals surface area contributed by atoms with Gasteiger partial charge in [-0.2, -0.15) is 0 Å². The van der Waals surface area contributed by atoms with Gasteiger partial charge in [-0.3, -0.25) is 4.79 Å². The number of thiazole rings is 1. The van der Waals surface area contributed by atoms with E-state index in [-0.39, 0.29) is 12.3 Å². The van der Waals surface area contributed by atoms with Crippen LogP contribution < -0.4 is 5.32 Å². The Hall–Kier alpha value is -2.19. The number of carboxylic acids is 1. The zero-order valence-electron chi connectivity index (χ0n) is 12.4. The Balaban J connectivity index is 2.16. The average molecular weight is 324 g/mol. The normalized spacial score (nSPS) is 13.6. The number of furan rings is 1. The molecule has 0 fully saturated rings. The molecule has 7 nitrogen and oxygen atoms in total. The Labute approximate surface area is 130 Å². The van der Waals surface area contributed by atoms with Crippen LogP contribution in [0.25, 0.3) is 10.8 Å². The number of hydrogen-bond acceptors (Lipinski definition) is 6. The largest absolute Gasteiger partial charge is 0.479 e. The van der Waals surface area contributed by atoms with Crippen LogP contribution in [0, 0.1) is 6.92 Å². The Morgan fingerprint density at radius 3 is 2.77 bits per heavy atom. The van der Waals surface area contributed by atoms with Gasteiger partial charge in [0.05, 0.1) is 6.61 Å². The number of nitrogens with zero attached hydrogens (tertiary/aromatic N) is 1. The van der Waals surface area contributed by atoms with E-state index < -0.39 is 17.4 Å². The summed E-state index contributed by atoms with van der Waals surface area (Å²) < 4.78 is 10.3. The molecule has 0 saturated heterocycles. The third kappa shape index (κ3) is 3.34. The van der Waals surface area contributed by atoms with Crippen LogP contribution in [0.5, 0.6) is 0 Å². The number of nitrogens with one attached hydrogen (secondary N) is 1. The summed E-state index contributed by atoms with van der Waals surface area (Å²) in [4.78, 5) is 27.6. The molecule has 0 aliphatic heterocycles. The number of carbonyl (C=O) groups excluding carboxylic acids is 1. The molecular weight excluding hydrogens is 308 g/mol. The zero-order valence-corrected chi connectivity index (χ0v) is 13.2. The van der Waals surface area contributed by atoms with Crippen LogP contribution in [0.15, 0.2) is 21.9 Å². The van der Waals surface area contributed by atoms with Crippen LogP contribution in [0.4, 0.5) is 0 Å². The van der Waals surface area contributed by atoms with E-state index in [9.17, 15) is 14.7 Å². The van der Waals surface area contributed by atoms with Crippen molar-refractivity contribution < 1.29 is 23.8 Å². The van der Waals surface area contributed by atoms with Crippen LogP contribution in [-0.4, -0.2) is 41.2 Å². The van der Waals surface area contributed by atoms with Crippen molar-refractivity contribution in [1.82, 2.24) is 10.3 Å². The van der Waals surface area contributed by atoms with E-state index >= 15 is 0 Å². The highest BCUT2D eigenvalue weighted by atomic mass is 32.1. The first-order valence-electron chi connectivity index (χ1n) is 6.43. The molecule has 1 unspecified atom stereocenters. The molecule has 2 aromatic rings. The molecule has 0 saturated carbocycles. The molecule has 0 radical (unpaired) electrons. The summed E-state index contributed by atoms with van der Waals surface area (Å²) in [5, 5.41) is 13.8. The second-order valence-corrected chi connectivity index (χ2v) is 5.83. The number of aliphatic carboxylic acids is 1. The van der Waals surface area contributed by atoms with Gasteiger partial charge in [0.15, 0.2) is 16.3 Å². The summed E-state index contributed by atoms with van der Waals surface area (Å²) >= 11 is 1.25. The van der Waals surface area contributed by atoms with Gasteiger partial charge in [-0.15, -0.1) is 11.3 Å². The van der Waals surface area contributed by atoms with Crippen LogP contribution in [0.3, 0.4) is 0 Å².